The van der Waals surface area contributed by atoms with Crippen LogP contribution in [0.1, 0.15) is 474 Å². The Balaban J connectivity index is 0.00000146. The summed E-state index contributed by atoms with van der Waals surface area (Å²) in [5.41, 5.74) is 18.7. The van der Waals surface area contributed by atoms with Crippen LogP contribution in [0.25, 0.3) is 16.9 Å². The third-order valence-corrected chi connectivity index (χ3v) is 20.1. The van der Waals surface area contributed by atoms with E-state index in [0.717, 1.165) is 66.6 Å². The first kappa shape index (κ1) is 92.7. The first-order valence-electron chi connectivity index (χ1n) is 42.7. The van der Waals surface area contributed by atoms with Crippen LogP contribution in [-0.2, 0) is 33.3 Å². The summed E-state index contributed by atoms with van der Waals surface area (Å²) in [6.07, 6.45) is 95.7. The Morgan fingerprint density at radius 1 is 0.305 bits per heavy atom. The maximum absolute atomic E-state index is 11.5. The molecule has 3 heteroatoms. The van der Waals surface area contributed by atoms with E-state index in [1.165, 1.54) is 407 Å². The van der Waals surface area contributed by atoms with Crippen LogP contribution in [0.2, 0.25) is 0 Å². The molecular formula is C92H162N2Pd. The normalized spacial score (nSPS) is 11.9. The Morgan fingerprint density at radius 2 is 0.579 bits per heavy atom. The van der Waals surface area contributed by atoms with E-state index < -0.39 is 0 Å². The van der Waals surface area contributed by atoms with Crippen LogP contribution < -0.4 is 0 Å². The minimum absolute atomic E-state index is 0. The molecule has 95 heavy (non-hydrogen) atoms. The van der Waals surface area contributed by atoms with Crippen molar-refractivity contribution in [2.45, 2.75) is 465 Å². The third-order valence-electron chi connectivity index (χ3n) is 20.1. The van der Waals surface area contributed by atoms with Crippen molar-refractivity contribution in [3.05, 3.63) is 102 Å². The zero-order chi connectivity index (χ0) is 67.8. The maximum Gasteiger partial charge on any atom is 2.00 e. The molecular weight excluding hydrogens is 1240 g/mol. The molecule has 0 N–H and O–H groups in total. The molecule has 0 aromatic heterocycles. The van der Waals surface area contributed by atoms with Gasteiger partial charge in [-0.15, -0.1) is 0 Å². The van der Waals surface area contributed by atoms with E-state index in [0.29, 0.717) is 0 Å². The van der Waals surface area contributed by atoms with E-state index in [2.05, 4.69) is 115 Å². The molecule has 0 radical (unpaired) electrons. The van der Waals surface area contributed by atoms with Crippen molar-refractivity contribution in [2.75, 3.05) is 0 Å². The van der Waals surface area contributed by atoms with Gasteiger partial charge in [-0.2, -0.15) is 12.8 Å². The van der Waals surface area contributed by atoms with E-state index in [-0.39, 0.29) is 20.4 Å². The molecule has 1 heterocycles. The van der Waals surface area contributed by atoms with Gasteiger partial charge in [-0.3, -0.25) is 0 Å². The molecule has 550 valence electrons. The number of hydrogen-bond acceptors (Lipinski definition) is 0. The number of hydrogen-bond donors (Lipinski definition) is 0. The number of rotatable bonds is 66. The molecule has 0 spiro atoms. The number of benzene rings is 2. The smallest absolute Gasteiger partial charge is 0.493 e. The minimum Gasteiger partial charge on any atom is -0.493 e. The monoisotopic (exact) mass is 1400 g/mol. The molecule has 0 saturated carbocycles. The molecule has 3 rings (SSSR count). The van der Waals surface area contributed by atoms with Gasteiger partial charge in [0, 0.05) is 23.6 Å². The van der Waals surface area contributed by atoms with Crippen molar-refractivity contribution < 1.29 is 25.1 Å². The van der Waals surface area contributed by atoms with Crippen molar-refractivity contribution >= 4 is 11.4 Å². The Morgan fingerprint density at radius 3 is 0.874 bits per heavy atom. The Hall–Kier alpha value is -2.26. The predicted octanol–water partition coefficient (Wildman–Crippen LogP) is 32.7. The summed E-state index contributed by atoms with van der Waals surface area (Å²) in [5, 5.41) is 0. The van der Waals surface area contributed by atoms with Gasteiger partial charge in [0.15, 0.2) is 0 Å². The molecule has 0 amide bonds. The SMILES string of the molecule is CCCCCCCCCCCCCCC#CC1=C(c2ccc(CCCC)cc2)[N+](=[N-])C(c2cccc(CCCC)c2)=C1.[CH2-]CCCCCCCCCCCCCCCCCCCCCCCCC.[CH2-]CCCCCCCCCCCCCCCCCCCCCCCCC.[Pd+2]. The second-order valence-electron chi connectivity index (χ2n) is 29.4. The molecule has 0 fully saturated rings. The van der Waals surface area contributed by atoms with Gasteiger partial charge >= 0.3 is 20.4 Å². The van der Waals surface area contributed by atoms with Gasteiger partial charge in [-0.1, -0.05) is 450 Å². The average molecular weight is 1400 g/mol. The topological polar surface area (TPSA) is 25.3 Å². The van der Waals surface area contributed by atoms with Crippen molar-refractivity contribution in [1.29, 1.82) is 0 Å². The van der Waals surface area contributed by atoms with Gasteiger partial charge in [0.25, 0.3) is 0 Å². The molecule has 0 atom stereocenters. The summed E-state index contributed by atoms with van der Waals surface area (Å²) in [7, 11) is 0. The van der Waals surface area contributed by atoms with Gasteiger partial charge in [0.2, 0.25) is 11.4 Å². The second kappa shape index (κ2) is 75.9. The quantitative estimate of drug-likeness (QED) is 0.0207. The summed E-state index contributed by atoms with van der Waals surface area (Å²) < 4.78 is 1.37. The number of allylic oxidation sites excluding steroid dienone is 2. The van der Waals surface area contributed by atoms with Gasteiger partial charge in [-0.25, -0.2) is 4.70 Å². The van der Waals surface area contributed by atoms with Crippen LogP contribution >= 0.6 is 0 Å². The summed E-state index contributed by atoms with van der Waals surface area (Å²) in [5.74, 6) is 6.89. The molecule has 2 aromatic carbocycles. The molecule has 0 unspecified atom stereocenters. The van der Waals surface area contributed by atoms with Crippen LogP contribution in [-0.4, -0.2) is 4.70 Å². The number of unbranched alkanes of at least 4 members (excludes halogenated alkanes) is 60. The van der Waals surface area contributed by atoms with Crippen LogP contribution in [0, 0.1) is 25.7 Å². The maximum atomic E-state index is 11.5. The fraction of sp³-hybridized carbons (Fsp3) is 0.783. The zero-order valence-corrected chi connectivity index (χ0v) is 66.3. The first-order chi connectivity index (χ1) is 46.5. The summed E-state index contributed by atoms with van der Waals surface area (Å²) in [4.78, 5) is 0. The molecule has 0 aliphatic carbocycles. The Bertz CT molecular complexity index is 1920. The summed E-state index contributed by atoms with van der Waals surface area (Å²) >= 11 is 0. The number of nitrogens with zero attached hydrogens (tertiary/aromatic N) is 2. The van der Waals surface area contributed by atoms with Crippen molar-refractivity contribution in [2.24, 2.45) is 0 Å². The van der Waals surface area contributed by atoms with E-state index >= 15 is 0 Å². The van der Waals surface area contributed by atoms with Crippen LogP contribution in [0.3, 0.4) is 0 Å². The zero-order valence-electron chi connectivity index (χ0n) is 64.7. The first-order valence-corrected chi connectivity index (χ1v) is 42.7. The van der Waals surface area contributed by atoms with Crippen molar-refractivity contribution in [3.63, 3.8) is 0 Å². The molecule has 0 bridgehead atoms. The van der Waals surface area contributed by atoms with Crippen LogP contribution in [0.15, 0.2) is 60.2 Å². The molecule has 2 aromatic rings. The van der Waals surface area contributed by atoms with E-state index in [4.69, 9.17) is 0 Å². The van der Waals surface area contributed by atoms with Gasteiger partial charge in [0.1, 0.15) is 5.57 Å². The van der Waals surface area contributed by atoms with Crippen molar-refractivity contribution in [1.82, 2.24) is 0 Å². The predicted molar refractivity (Wildman–Crippen MR) is 426 cm³/mol. The molecule has 2 nitrogen and oxygen atoms in total. The number of aryl methyl sites for hydroxylation is 2. The van der Waals surface area contributed by atoms with Crippen molar-refractivity contribution in [3.8, 4) is 11.8 Å². The summed E-state index contributed by atoms with van der Waals surface area (Å²) in [6, 6.07) is 17.3. The minimum atomic E-state index is 0. The largest absolute Gasteiger partial charge is 2.00 e. The fourth-order valence-electron chi connectivity index (χ4n) is 13.7. The van der Waals surface area contributed by atoms with Gasteiger partial charge in [0.05, 0.1) is 0 Å². The Kier molecular flexibility index (Phi) is 74.1. The average Bonchev–Trinajstić information content (AvgIpc) is 1.65. The van der Waals surface area contributed by atoms with E-state index in [1.807, 2.05) is 0 Å². The van der Waals surface area contributed by atoms with Gasteiger partial charge < -0.3 is 19.4 Å². The third kappa shape index (κ3) is 59.2. The van der Waals surface area contributed by atoms with E-state index in [1.54, 1.807) is 0 Å². The van der Waals surface area contributed by atoms with E-state index in [9.17, 15) is 5.53 Å². The Labute approximate surface area is 611 Å². The second-order valence-corrected chi connectivity index (χ2v) is 29.4. The molecule has 0 saturated heterocycles. The molecule has 1 aliphatic heterocycles. The van der Waals surface area contributed by atoms with Crippen LogP contribution in [0.4, 0.5) is 0 Å². The standard InChI is InChI=1S/C40H56N2.2C26H53.Pd/c1-4-7-10-11-12-13-14-15-16-17-18-19-20-21-26-38-33-39(37-27-22-25-35(32-37)24-9-6-3)42(41)40(38)36-30-28-34(29-31-36)23-8-5-2;2*1-3-5-7-9-11-13-15-17-19-21-23-25-26-24-22-20-18-16-14-12-10-8-6-4-2;/h22,25,27-33H,4-20,23-24H2,1-3H3;2*1,3-26H2,2H3;/q;2*-1;+2. The summed E-state index contributed by atoms with van der Waals surface area (Å²) in [6.45, 7) is 19.2. The molecule has 1 aliphatic rings. The van der Waals surface area contributed by atoms with Crippen LogP contribution in [0.5, 0.6) is 0 Å². The fourth-order valence-corrected chi connectivity index (χ4v) is 13.7. The van der Waals surface area contributed by atoms with Gasteiger partial charge in [-0.05, 0) is 67.5 Å².